The van der Waals surface area contributed by atoms with Gasteiger partial charge in [-0.05, 0) is 53.8 Å². The van der Waals surface area contributed by atoms with Gasteiger partial charge in [-0.1, -0.05) is 24.3 Å². The van der Waals surface area contributed by atoms with E-state index in [9.17, 15) is 4.39 Å². The first-order valence-corrected chi connectivity index (χ1v) is 9.46. The van der Waals surface area contributed by atoms with Crippen LogP contribution >= 0.6 is 0 Å². The molecule has 1 N–H and O–H groups in total. The van der Waals surface area contributed by atoms with E-state index >= 15 is 0 Å². The first-order chi connectivity index (χ1) is 13.7. The minimum Gasteiger partial charge on any atom is -0.493 e. The Bertz CT molecular complexity index is 929. The fourth-order valence-electron chi connectivity index (χ4n) is 3.50. The van der Waals surface area contributed by atoms with Crippen molar-refractivity contribution in [3.8, 4) is 22.6 Å². The fourth-order valence-corrected chi connectivity index (χ4v) is 3.50. The van der Waals surface area contributed by atoms with Crippen LogP contribution in [0.2, 0.25) is 0 Å². The lowest BCUT2D eigenvalue weighted by molar-refractivity contribution is 0.163. The van der Waals surface area contributed by atoms with E-state index in [4.69, 9.17) is 9.47 Å². The highest BCUT2D eigenvalue weighted by atomic mass is 19.1. The molecule has 0 aliphatic carbocycles. The number of methoxy groups -OCH3 is 1. The van der Waals surface area contributed by atoms with Crippen molar-refractivity contribution in [2.75, 3.05) is 13.7 Å². The Labute approximate surface area is 164 Å². The number of hydrogen-bond acceptors (Lipinski definition) is 4. The molecule has 0 amide bonds. The van der Waals surface area contributed by atoms with Crippen molar-refractivity contribution in [3.63, 3.8) is 0 Å². The Hall–Kier alpha value is -2.92. The van der Waals surface area contributed by atoms with Gasteiger partial charge in [-0.25, -0.2) is 4.39 Å². The average molecular weight is 378 g/mol. The molecule has 0 bridgehead atoms. The van der Waals surface area contributed by atoms with Gasteiger partial charge in [0.05, 0.1) is 7.11 Å². The molecule has 4 nitrogen and oxygen atoms in total. The Morgan fingerprint density at radius 2 is 2.00 bits per heavy atom. The van der Waals surface area contributed by atoms with Crippen LogP contribution in [0.15, 0.2) is 60.9 Å². The molecule has 3 aromatic rings. The van der Waals surface area contributed by atoms with Crippen LogP contribution in [0, 0.1) is 5.82 Å². The number of benzene rings is 2. The number of aryl methyl sites for hydroxylation is 1. The van der Waals surface area contributed by atoms with Gasteiger partial charge in [0.2, 0.25) is 0 Å². The second-order valence-electron chi connectivity index (χ2n) is 6.95. The summed E-state index contributed by atoms with van der Waals surface area (Å²) in [4.78, 5) is 4.32. The third kappa shape index (κ3) is 4.15. The van der Waals surface area contributed by atoms with Gasteiger partial charge in [0, 0.05) is 31.0 Å². The Morgan fingerprint density at radius 3 is 2.82 bits per heavy atom. The smallest absolute Gasteiger partial charge is 0.164 e. The average Bonchev–Trinajstić information content (AvgIpc) is 2.74. The van der Waals surface area contributed by atoms with Crippen LogP contribution in [0.5, 0.6) is 11.5 Å². The van der Waals surface area contributed by atoms with Crippen molar-refractivity contribution in [2.24, 2.45) is 0 Å². The summed E-state index contributed by atoms with van der Waals surface area (Å²) in [5, 5.41) is 3.46. The number of para-hydroxylation sites is 1. The topological polar surface area (TPSA) is 43.4 Å². The lowest BCUT2D eigenvalue weighted by Gasteiger charge is -2.27. The summed E-state index contributed by atoms with van der Waals surface area (Å²) in [5.41, 5.74) is 4.21. The summed E-state index contributed by atoms with van der Waals surface area (Å²) in [5.74, 6) is 1.42. The van der Waals surface area contributed by atoms with Gasteiger partial charge in [0.1, 0.15) is 11.9 Å². The van der Waals surface area contributed by atoms with Gasteiger partial charge in [-0.2, -0.15) is 0 Å². The van der Waals surface area contributed by atoms with Crippen LogP contribution in [0.3, 0.4) is 0 Å². The number of pyridine rings is 1. The van der Waals surface area contributed by atoms with Crippen LogP contribution in [0.1, 0.15) is 17.5 Å². The van der Waals surface area contributed by atoms with Crippen molar-refractivity contribution in [3.05, 3.63) is 77.9 Å². The molecule has 1 aliphatic heterocycles. The zero-order chi connectivity index (χ0) is 19.3. The maximum absolute atomic E-state index is 13.1. The number of nitrogens with zero attached hydrogens (tertiary/aromatic N) is 1. The predicted molar refractivity (Wildman–Crippen MR) is 107 cm³/mol. The van der Waals surface area contributed by atoms with Gasteiger partial charge in [0.25, 0.3) is 0 Å². The second-order valence-corrected chi connectivity index (χ2v) is 6.95. The molecule has 0 spiro atoms. The molecule has 4 rings (SSSR count). The molecule has 0 fully saturated rings. The molecule has 28 heavy (non-hydrogen) atoms. The Kier molecular flexibility index (Phi) is 5.53. The van der Waals surface area contributed by atoms with E-state index < -0.39 is 0 Å². The van der Waals surface area contributed by atoms with E-state index in [0.717, 1.165) is 47.6 Å². The van der Waals surface area contributed by atoms with Gasteiger partial charge in [0.15, 0.2) is 11.5 Å². The molecule has 1 atom stereocenters. The number of rotatable bonds is 6. The van der Waals surface area contributed by atoms with E-state index in [2.05, 4.69) is 22.4 Å². The maximum Gasteiger partial charge on any atom is 0.164 e. The monoisotopic (exact) mass is 378 g/mol. The first-order valence-electron chi connectivity index (χ1n) is 9.46. The zero-order valence-corrected chi connectivity index (χ0v) is 15.8. The third-order valence-electron chi connectivity index (χ3n) is 4.97. The molecule has 144 valence electrons. The number of aromatic nitrogens is 1. The molecule has 1 aliphatic rings. The highest BCUT2D eigenvalue weighted by Crippen LogP contribution is 2.36. The molecule has 0 radical (unpaired) electrons. The van der Waals surface area contributed by atoms with E-state index in [1.54, 1.807) is 25.4 Å². The summed E-state index contributed by atoms with van der Waals surface area (Å²) >= 11 is 0. The number of ether oxygens (including phenoxy) is 2. The van der Waals surface area contributed by atoms with Crippen LogP contribution < -0.4 is 14.8 Å². The molecule has 0 unspecified atom stereocenters. The minimum absolute atomic E-state index is 0.108. The van der Waals surface area contributed by atoms with Crippen LogP contribution in [-0.2, 0) is 13.0 Å². The Morgan fingerprint density at radius 1 is 1.14 bits per heavy atom. The minimum atomic E-state index is -0.236. The predicted octanol–water partition coefficient (Wildman–Crippen LogP) is 4.38. The van der Waals surface area contributed by atoms with Crippen LogP contribution in [-0.4, -0.2) is 24.7 Å². The first kappa shape index (κ1) is 18.4. The molecule has 5 heteroatoms. The van der Waals surface area contributed by atoms with E-state index in [-0.39, 0.29) is 11.9 Å². The zero-order valence-electron chi connectivity index (χ0n) is 15.8. The van der Waals surface area contributed by atoms with Crippen molar-refractivity contribution >= 4 is 0 Å². The molecular formula is C23H23FN2O2. The molecule has 0 saturated heterocycles. The van der Waals surface area contributed by atoms with Crippen molar-refractivity contribution in [2.45, 2.75) is 25.5 Å². The number of nitrogens with one attached hydrogen (secondary N) is 1. The van der Waals surface area contributed by atoms with Gasteiger partial charge < -0.3 is 14.8 Å². The number of halogens is 1. The summed E-state index contributed by atoms with van der Waals surface area (Å²) in [6.45, 7) is 1.44. The fraction of sp³-hybridized carbons (Fsp3) is 0.261. The van der Waals surface area contributed by atoms with E-state index in [0.29, 0.717) is 6.54 Å². The summed E-state index contributed by atoms with van der Waals surface area (Å²) in [7, 11) is 1.67. The molecule has 2 heterocycles. The largest absolute Gasteiger partial charge is 0.493 e. The van der Waals surface area contributed by atoms with Crippen molar-refractivity contribution < 1.29 is 13.9 Å². The van der Waals surface area contributed by atoms with Crippen molar-refractivity contribution in [1.82, 2.24) is 10.3 Å². The third-order valence-corrected chi connectivity index (χ3v) is 4.97. The number of hydrogen-bond donors (Lipinski definition) is 1. The SMILES string of the molecule is COc1cccc2c1O[C@@H](CNCc1cncc(-c3ccc(F)cc3)c1)CC2. The van der Waals surface area contributed by atoms with Gasteiger partial charge >= 0.3 is 0 Å². The summed E-state index contributed by atoms with van der Waals surface area (Å²) < 4.78 is 24.7. The summed E-state index contributed by atoms with van der Waals surface area (Å²) in [6.07, 6.45) is 5.71. The maximum atomic E-state index is 13.1. The van der Waals surface area contributed by atoms with E-state index in [1.165, 1.54) is 17.7 Å². The highest BCUT2D eigenvalue weighted by Gasteiger charge is 2.22. The molecule has 1 aromatic heterocycles. The quantitative estimate of drug-likeness (QED) is 0.691. The summed E-state index contributed by atoms with van der Waals surface area (Å²) in [6, 6.07) is 14.6. The molecular weight excluding hydrogens is 355 g/mol. The molecule has 2 aromatic carbocycles. The lowest BCUT2D eigenvalue weighted by Crippen LogP contribution is -2.34. The number of fused-ring (bicyclic) bond motifs is 1. The van der Waals surface area contributed by atoms with Gasteiger partial charge in [-0.3, -0.25) is 4.98 Å². The van der Waals surface area contributed by atoms with E-state index in [1.807, 2.05) is 18.3 Å². The van der Waals surface area contributed by atoms with Gasteiger partial charge in [-0.15, -0.1) is 0 Å². The lowest BCUT2D eigenvalue weighted by atomic mass is 10.0. The van der Waals surface area contributed by atoms with Crippen LogP contribution in [0.25, 0.3) is 11.1 Å². The molecule has 0 saturated carbocycles. The highest BCUT2D eigenvalue weighted by molar-refractivity contribution is 5.62. The Balaban J connectivity index is 1.36. The van der Waals surface area contributed by atoms with Crippen molar-refractivity contribution in [1.29, 1.82) is 0 Å². The van der Waals surface area contributed by atoms with Crippen LogP contribution in [0.4, 0.5) is 4.39 Å². The second kappa shape index (κ2) is 8.40. The normalized spacial score (nSPS) is 15.6. The standard InChI is InChI=1S/C23H23FN2O2/c1-27-22-4-2-3-18-7-10-21(28-23(18)22)15-26-13-16-11-19(14-25-12-16)17-5-8-20(24)9-6-17/h2-6,8-9,11-12,14,21,26H,7,10,13,15H2,1H3/t21-/m1/s1.